The number of aromatic nitrogens is 2. The second-order valence-electron chi connectivity index (χ2n) is 3.80. The summed E-state index contributed by atoms with van der Waals surface area (Å²) in [5, 5.41) is 0.526. The van der Waals surface area contributed by atoms with Gasteiger partial charge in [0.25, 0.3) is 0 Å². The van der Waals surface area contributed by atoms with Crippen LogP contribution in [0.15, 0.2) is 42.5 Å². The smallest absolute Gasteiger partial charge is 0.215 e. The van der Waals surface area contributed by atoms with Crippen molar-refractivity contribution in [3.63, 3.8) is 0 Å². The molecule has 0 aliphatic rings. The van der Waals surface area contributed by atoms with E-state index in [4.69, 9.17) is 10.5 Å². The molecule has 90 valence electrons. The Labute approximate surface area is 108 Å². The van der Waals surface area contributed by atoms with Crippen LogP contribution < -0.4 is 10.5 Å². The number of hydrogen-bond acceptors (Lipinski definition) is 5. The maximum atomic E-state index is 5.64. The zero-order valence-electron chi connectivity index (χ0n) is 9.54. The second-order valence-corrected chi connectivity index (χ2v) is 4.81. The van der Waals surface area contributed by atoms with Crippen molar-refractivity contribution in [1.29, 1.82) is 0 Å². The third-order valence-corrected chi connectivity index (χ3v) is 3.27. The van der Waals surface area contributed by atoms with Gasteiger partial charge in [0.15, 0.2) is 5.13 Å². The van der Waals surface area contributed by atoms with Gasteiger partial charge < -0.3 is 10.5 Å². The molecule has 3 aromatic rings. The molecule has 2 aromatic heterocycles. The average Bonchev–Trinajstić information content (AvgIpc) is 2.77. The molecule has 4 nitrogen and oxygen atoms in total. The monoisotopic (exact) mass is 257 g/mol. The number of fused-ring (bicyclic) bond motifs is 1. The van der Waals surface area contributed by atoms with Crippen molar-refractivity contribution in [3.8, 4) is 5.88 Å². The van der Waals surface area contributed by atoms with E-state index in [-0.39, 0.29) is 0 Å². The molecule has 0 bridgehead atoms. The van der Waals surface area contributed by atoms with Crippen LogP contribution in [0.2, 0.25) is 0 Å². The molecule has 0 atom stereocenters. The minimum absolute atomic E-state index is 0.508. The maximum Gasteiger partial charge on any atom is 0.215 e. The first kappa shape index (κ1) is 11.0. The minimum Gasteiger partial charge on any atom is -0.473 e. The zero-order chi connectivity index (χ0) is 12.4. The van der Waals surface area contributed by atoms with Crippen molar-refractivity contribution in [2.24, 2.45) is 0 Å². The SMILES string of the molecule is Nc1nc2ccc(OCc3ccccc3)nc2s1. The van der Waals surface area contributed by atoms with Crippen LogP contribution in [0.1, 0.15) is 5.56 Å². The van der Waals surface area contributed by atoms with Gasteiger partial charge in [0.2, 0.25) is 5.88 Å². The van der Waals surface area contributed by atoms with Crippen LogP contribution in [-0.2, 0) is 6.61 Å². The van der Waals surface area contributed by atoms with Gasteiger partial charge in [-0.1, -0.05) is 41.7 Å². The molecule has 0 radical (unpaired) electrons. The Kier molecular flexibility index (Phi) is 2.82. The molecule has 0 fully saturated rings. The third-order valence-electron chi connectivity index (χ3n) is 2.48. The molecule has 0 saturated carbocycles. The van der Waals surface area contributed by atoms with Crippen molar-refractivity contribution in [1.82, 2.24) is 9.97 Å². The minimum atomic E-state index is 0.508. The number of rotatable bonds is 3. The quantitative estimate of drug-likeness (QED) is 0.783. The van der Waals surface area contributed by atoms with Crippen LogP contribution in [0, 0.1) is 0 Å². The number of pyridine rings is 1. The number of thiazole rings is 1. The van der Waals surface area contributed by atoms with Crippen LogP contribution >= 0.6 is 11.3 Å². The van der Waals surface area contributed by atoms with Gasteiger partial charge >= 0.3 is 0 Å². The predicted octanol–water partition coefficient (Wildman–Crippen LogP) is 2.85. The van der Waals surface area contributed by atoms with Crippen LogP contribution in [0.3, 0.4) is 0 Å². The van der Waals surface area contributed by atoms with Crippen LogP contribution in [-0.4, -0.2) is 9.97 Å². The maximum absolute atomic E-state index is 5.64. The van der Waals surface area contributed by atoms with Crippen LogP contribution in [0.4, 0.5) is 5.13 Å². The van der Waals surface area contributed by atoms with Crippen molar-refractivity contribution < 1.29 is 4.74 Å². The lowest BCUT2D eigenvalue weighted by atomic mass is 10.2. The normalized spacial score (nSPS) is 10.7. The summed E-state index contributed by atoms with van der Waals surface area (Å²) in [5.41, 5.74) is 7.56. The van der Waals surface area contributed by atoms with E-state index in [9.17, 15) is 0 Å². The lowest BCUT2D eigenvalue weighted by molar-refractivity contribution is 0.295. The molecule has 0 aliphatic heterocycles. The highest BCUT2D eigenvalue weighted by Crippen LogP contribution is 2.24. The van der Waals surface area contributed by atoms with E-state index in [0.29, 0.717) is 17.6 Å². The fourth-order valence-electron chi connectivity index (χ4n) is 1.63. The largest absolute Gasteiger partial charge is 0.473 e. The topological polar surface area (TPSA) is 61.0 Å². The molecular weight excluding hydrogens is 246 g/mol. The highest BCUT2D eigenvalue weighted by Gasteiger charge is 2.04. The Morgan fingerprint density at radius 1 is 1.06 bits per heavy atom. The summed E-state index contributed by atoms with van der Waals surface area (Å²) in [5.74, 6) is 0.593. The highest BCUT2D eigenvalue weighted by atomic mass is 32.1. The fraction of sp³-hybridized carbons (Fsp3) is 0.0769. The van der Waals surface area contributed by atoms with Gasteiger partial charge in [0, 0.05) is 6.07 Å². The number of anilines is 1. The first-order valence-electron chi connectivity index (χ1n) is 5.51. The number of benzene rings is 1. The molecule has 1 aromatic carbocycles. The molecule has 0 aliphatic carbocycles. The Balaban J connectivity index is 1.78. The van der Waals surface area contributed by atoms with E-state index in [2.05, 4.69) is 9.97 Å². The Bertz CT molecular complexity index is 666. The van der Waals surface area contributed by atoms with Gasteiger partial charge in [0.05, 0.1) is 0 Å². The highest BCUT2D eigenvalue weighted by molar-refractivity contribution is 7.21. The first-order chi connectivity index (χ1) is 8.81. The lowest BCUT2D eigenvalue weighted by Gasteiger charge is -2.04. The Hall–Kier alpha value is -2.14. The molecule has 5 heteroatoms. The zero-order valence-corrected chi connectivity index (χ0v) is 10.4. The summed E-state index contributed by atoms with van der Waals surface area (Å²) >= 11 is 1.36. The standard InChI is InChI=1S/C13H11N3OS/c14-13-15-10-6-7-11(16-12(10)18-13)17-8-9-4-2-1-3-5-9/h1-7H,8H2,(H2,14,15). The van der Waals surface area contributed by atoms with E-state index in [1.54, 1.807) is 0 Å². The molecule has 2 N–H and O–H groups in total. The molecular formula is C13H11N3OS. The first-order valence-corrected chi connectivity index (χ1v) is 6.33. The number of nitrogens with zero attached hydrogens (tertiary/aromatic N) is 2. The second kappa shape index (κ2) is 4.62. The summed E-state index contributed by atoms with van der Waals surface area (Å²) in [6.45, 7) is 0.508. The summed E-state index contributed by atoms with van der Waals surface area (Å²) in [6, 6.07) is 13.7. The summed E-state index contributed by atoms with van der Waals surface area (Å²) < 4.78 is 5.64. The Morgan fingerprint density at radius 3 is 2.72 bits per heavy atom. The van der Waals surface area contributed by atoms with Crippen LogP contribution in [0.5, 0.6) is 5.88 Å². The van der Waals surface area contributed by atoms with E-state index in [0.717, 1.165) is 15.9 Å². The van der Waals surface area contributed by atoms with Gasteiger partial charge in [-0.3, -0.25) is 0 Å². The molecule has 0 saturated heterocycles. The fourth-order valence-corrected chi connectivity index (χ4v) is 2.32. The van der Waals surface area contributed by atoms with E-state index >= 15 is 0 Å². The molecule has 3 rings (SSSR count). The Morgan fingerprint density at radius 2 is 1.89 bits per heavy atom. The summed E-state index contributed by atoms with van der Waals surface area (Å²) in [4.78, 5) is 9.32. The molecule has 0 spiro atoms. The molecule has 0 unspecified atom stereocenters. The van der Waals surface area contributed by atoms with Gasteiger partial charge in [-0.15, -0.1) is 0 Å². The molecule has 0 amide bonds. The number of hydrogen-bond donors (Lipinski definition) is 1. The lowest BCUT2D eigenvalue weighted by Crippen LogP contribution is -1.96. The average molecular weight is 257 g/mol. The van der Waals surface area contributed by atoms with Crippen LogP contribution in [0.25, 0.3) is 10.3 Å². The van der Waals surface area contributed by atoms with Gasteiger partial charge in [-0.25, -0.2) is 9.97 Å². The molecule has 2 heterocycles. The third kappa shape index (κ3) is 2.26. The number of ether oxygens (including phenoxy) is 1. The predicted molar refractivity (Wildman–Crippen MR) is 72.6 cm³/mol. The summed E-state index contributed by atoms with van der Waals surface area (Å²) in [7, 11) is 0. The van der Waals surface area contributed by atoms with Crippen molar-refractivity contribution in [2.75, 3.05) is 5.73 Å². The van der Waals surface area contributed by atoms with Gasteiger partial charge in [0.1, 0.15) is 17.0 Å². The van der Waals surface area contributed by atoms with E-state index in [1.165, 1.54) is 11.3 Å². The van der Waals surface area contributed by atoms with Gasteiger partial charge in [-0.05, 0) is 11.6 Å². The van der Waals surface area contributed by atoms with E-state index in [1.807, 2.05) is 42.5 Å². The number of nitrogen functional groups attached to an aromatic ring is 1. The summed E-state index contributed by atoms with van der Waals surface area (Å²) in [6.07, 6.45) is 0. The van der Waals surface area contributed by atoms with Crippen molar-refractivity contribution in [3.05, 3.63) is 48.0 Å². The molecule has 18 heavy (non-hydrogen) atoms. The van der Waals surface area contributed by atoms with Crippen molar-refractivity contribution in [2.45, 2.75) is 6.61 Å². The number of nitrogens with two attached hydrogens (primary N) is 1. The van der Waals surface area contributed by atoms with Gasteiger partial charge in [-0.2, -0.15) is 0 Å². The van der Waals surface area contributed by atoms with E-state index < -0.39 is 0 Å². The van der Waals surface area contributed by atoms with Crippen molar-refractivity contribution >= 4 is 26.8 Å².